The first-order valence-electron chi connectivity index (χ1n) is 7.22. The summed E-state index contributed by atoms with van der Waals surface area (Å²) >= 11 is 0. The Morgan fingerprint density at radius 1 is 1.42 bits per heavy atom. The topological polar surface area (TPSA) is 37.4 Å². The van der Waals surface area contributed by atoms with E-state index in [0.717, 1.165) is 51.2 Å². The molecule has 19 heavy (non-hydrogen) atoms. The van der Waals surface area contributed by atoms with Gasteiger partial charge in [0.15, 0.2) is 0 Å². The second-order valence-corrected chi connectivity index (χ2v) is 5.84. The molecule has 1 spiro atoms. The van der Waals surface area contributed by atoms with Gasteiger partial charge in [-0.1, -0.05) is 6.07 Å². The van der Waals surface area contributed by atoms with Crippen LogP contribution in [0.15, 0.2) is 24.4 Å². The van der Waals surface area contributed by atoms with E-state index in [9.17, 15) is 0 Å². The second kappa shape index (κ2) is 5.57. The smallest absolute Gasteiger partial charge is 0.0723 e. The van der Waals surface area contributed by atoms with Crippen molar-refractivity contribution >= 4 is 0 Å². The summed E-state index contributed by atoms with van der Waals surface area (Å²) in [6.07, 6.45) is 5.34. The van der Waals surface area contributed by atoms with Crippen LogP contribution in [0, 0.1) is 0 Å². The lowest BCUT2D eigenvalue weighted by molar-refractivity contribution is -0.0201. The number of hydrogen-bond donors (Lipinski definition) is 1. The molecule has 2 aliphatic heterocycles. The lowest BCUT2D eigenvalue weighted by Crippen LogP contribution is -2.42. The van der Waals surface area contributed by atoms with Gasteiger partial charge < -0.3 is 10.1 Å². The molecule has 4 heteroatoms. The quantitative estimate of drug-likeness (QED) is 0.893. The monoisotopic (exact) mass is 261 g/mol. The van der Waals surface area contributed by atoms with Crippen molar-refractivity contribution in [2.45, 2.75) is 37.5 Å². The van der Waals surface area contributed by atoms with Crippen LogP contribution in [0.2, 0.25) is 0 Å². The Bertz CT molecular complexity index is 403. The molecule has 0 aliphatic carbocycles. The van der Waals surface area contributed by atoms with Gasteiger partial charge in [0.25, 0.3) is 0 Å². The Labute approximate surface area is 115 Å². The molecule has 2 saturated heterocycles. The molecule has 3 heterocycles. The molecule has 2 fully saturated rings. The third-order valence-corrected chi connectivity index (χ3v) is 4.47. The Kier molecular flexibility index (Phi) is 3.82. The van der Waals surface area contributed by atoms with E-state index in [1.54, 1.807) is 0 Å². The van der Waals surface area contributed by atoms with Crippen molar-refractivity contribution in [2.24, 2.45) is 0 Å². The van der Waals surface area contributed by atoms with Gasteiger partial charge in [-0.05, 0) is 51.5 Å². The summed E-state index contributed by atoms with van der Waals surface area (Å²) in [5.74, 6) is 0. The number of pyridine rings is 1. The maximum absolute atomic E-state index is 6.15. The average Bonchev–Trinajstić information content (AvgIpc) is 2.85. The van der Waals surface area contributed by atoms with Crippen LogP contribution in [0.1, 0.15) is 25.0 Å². The summed E-state index contributed by atoms with van der Waals surface area (Å²) in [5.41, 5.74) is 1.28. The van der Waals surface area contributed by atoms with E-state index in [2.05, 4.69) is 34.4 Å². The van der Waals surface area contributed by atoms with Crippen molar-refractivity contribution in [2.75, 3.05) is 26.7 Å². The van der Waals surface area contributed by atoms with Crippen molar-refractivity contribution < 1.29 is 4.74 Å². The highest BCUT2D eigenvalue weighted by atomic mass is 16.5. The zero-order chi connectivity index (χ0) is 13.1. The maximum atomic E-state index is 6.15. The molecule has 104 valence electrons. The van der Waals surface area contributed by atoms with Crippen molar-refractivity contribution in [3.05, 3.63) is 30.1 Å². The van der Waals surface area contributed by atoms with Gasteiger partial charge in [-0.15, -0.1) is 0 Å². The number of nitrogens with zero attached hydrogens (tertiary/aromatic N) is 2. The molecule has 0 bridgehead atoms. The minimum absolute atomic E-state index is 0.147. The zero-order valence-corrected chi connectivity index (χ0v) is 11.6. The van der Waals surface area contributed by atoms with Gasteiger partial charge in [-0.2, -0.15) is 0 Å². The van der Waals surface area contributed by atoms with E-state index in [1.165, 1.54) is 0 Å². The van der Waals surface area contributed by atoms with Gasteiger partial charge >= 0.3 is 0 Å². The normalized spacial score (nSPS) is 26.1. The molecule has 3 rings (SSSR count). The summed E-state index contributed by atoms with van der Waals surface area (Å²) in [6, 6.07) is 6.63. The fourth-order valence-electron chi connectivity index (χ4n) is 3.21. The van der Waals surface area contributed by atoms with Gasteiger partial charge in [0.05, 0.1) is 17.9 Å². The lowest BCUT2D eigenvalue weighted by Gasteiger charge is -2.33. The van der Waals surface area contributed by atoms with E-state index in [0.29, 0.717) is 6.04 Å². The van der Waals surface area contributed by atoms with Crippen molar-refractivity contribution in [1.29, 1.82) is 0 Å². The predicted molar refractivity (Wildman–Crippen MR) is 74.9 cm³/mol. The molecule has 0 aromatic carbocycles. The molecular weight excluding hydrogens is 238 g/mol. The summed E-state index contributed by atoms with van der Waals surface area (Å²) in [7, 11) is 2.18. The molecule has 1 N–H and O–H groups in total. The van der Waals surface area contributed by atoms with Gasteiger partial charge in [-0.3, -0.25) is 9.88 Å². The summed E-state index contributed by atoms with van der Waals surface area (Å²) in [5, 5.41) is 3.42. The van der Waals surface area contributed by atoms with E-state index in [4.69, 9.17) is 4.74 Å². The standard InChI is InChI=1S/C15H23N3O/c1-18(11-13-4-2-3-7-17-13)14-10-15(19-12-14)5-8-16-9-6-15/h2-4,7,14,16H,5-6,8-12H2,1H3/t14-/m1/s1. The molecular formula is C15H23N3O. The molecule has 0 amide bonds. The van der Waals surface area contributed by atoms with Gasteiger partial charge in [0.2, 0.25) is 0 Å². The van der Waals surface area contributed by atoms with E-state index in [-0.39, 0.29) is 5.60 Å². The fraction of sp³-hybridized carbons (Fsp3) is 0.667. The summed E-state index contributed by atoms with van der Waals surface area (Å²) in [4.78, 5) is 6.79. The highest BCUT2D eigenvalue weighted by Crippen LogP contribution is 2.35. The van der Waals surface area contributed by atoms with Crippen LogP contribution in [-0.4, -0.2) is 48.3 Å². The lowest BCUT2D eigenvalue weighted by atomic mass is 9.88. The van der Waals surface area contributed by atoms with Crippen molar-refractivity contribution in [3.63, 3.8) is 0 Å². The molecule has 1 atom stereocenters. The van der Waals surface area contributed by atoms with Crippen LogP contribution in [0.3, 0.4) is 0 Å². The SMILES string of the molecule is CN(Cc1ccccn1)[C@H]1COC2(CCNCC2)C1. The molecule has 2 aliphatic rings. The van der Waals surface area contributed by atoms with Crippen LogP contribution >= 0.6 is 0 Å². The fourth-order valence-corrected chi connectivity index (χ4v) is 3.21. The van der Waals surface area contributed by atoms with Crippen LogP contribution in [-0.2, 0) is 11.3 Å². The Morgan fingerprint density at radius 2 is 2.26 bits per heavy atom. The minimum Gasteiger partial charge on any atom is -0.373 e. The number of hydrogen-bond acceptors (Lipinski definition) is 4. The van der Waals surface area contributed by atoms with E-state index >= 15 is 0 Å². The molecule has 0 unspecified atom stereocenters. The van der Waals surface area contributed by atoms with Crippen LogP contribution in [0.25, 0.3) is 0 Å². The van der Waals surface area contributed by atoms with Crippen LogP contribution < -0.4 is 5.32 Å². The summed E-state index contributed by atoms with van der Waals surface area (Å²) in [6.45, 7) is 3.96. The molecule has 0 radical (unpaired) electrons. The molecule has 1 aromatic rings. The Hall–Kier alpha value is -0.970. The Morgan fingerprint density at radius 3 is 3.00 bits per heavy atom. The number of piperidine rings is 1. The minimum atomic E-state index is 0.147. The van der Waals surface area contributed by atoms with Gasteiger partial charge in [0, 0.05) is 18.8 Å². The van der Waals surface area contributed by atoms with Gasteiger partial charge in [-0.25, -0.2) is 0 Å². The van der Waals surface area contributed by atoms with E-state index in [1.807, 2.05) is 12.3 Å². The summed E-state index contributed by atoms with van der Waals surface area (Å²) < 4.78 is 6.15. The second-order valence-electron chi connectivity index (χ2n) is 5.84. The van der Waals surface area contributed by atoms with Crippen molar-refractivity contribution in [1.82, 2.24) is 15.2 Å². The highest BCUT2D eigenvalue weighted by molar-refractivity contribution is 5.04. The Balaban J connectivity index is 1.58. The first-order valence-corrected chi connectivity index (χ1v) is 7.22. The third kappa shape index (κ3) is 2.96. The van der Waals surface area contributed by atoms with Crippen LogP contribution in [0.4, 0.5) is 0 Å². The van der Waals surface area contributed by atoms with Crippen molar-refractivity contribution in [3.8, 4) is 0 Å². The number of aromatic nitrogens is 1. The molecule has 4 nitrogen and oxygen atoms in total. The number of nitrogens with one attached hydrogen (secondary N) is 1. The highest BCUT2D eigenvalue weighted by Gasteiger charge is 2.42. The maximum Gasteiger partial charge on any atom is 0.0723 e. The average molecular weight is 261 g/mol. The van der Waals surface area contributed by atoms with Gasteiger partial charge in [0.1, 0.15) is 0 Å². The third-order valence-electron chi connectivity index (χ3n) is 4.47. The number of rotatable bonds is 3. The predicted octanol–water partition coefficient (Wildman–Crippen LogP) is 1.42. The molecule has 1 aromatic heterocycles. The van der Waals surface area contributed by atoms with Crippen LogP contribution in [0.5, 0.6) is 0 Å². The first-order chi connectivity index (χ1) is 9.27. The van der Waals surface area contributed by atoms with E-state index < -0.39 is 0 Å². The first kappa shape index (κ1) is 13.0. The molecule has 0 saturated carbocycles. The number of likely N-dealkylation sites (N-methyl/N-ethyl adjacent to an activating group) is 1. The number of ether oxygens (including phenoxy) is 1. The zero-order valence-electron chi connectivity index (χ0n) is 11.6. The largest absolute Gasteiger partial charge is 0.373 e.